The minimum atomic E-state index is -3.34. The van der Waals surface area contributed by atoms with Crippen LogP contribution in [0.1, 0.15) is 17.2 Å². The summed E-state index contributed by atoms with van der Waals surface area (Å²) in [5.41, 5.74) is 4.35. The zero-order valence-electron chi connectivity index (χ0n) is 13.1. The fourth-order valence-corrected chi connectivity index (χ4v) is 4.88. The highest BCUT2D eigenvalue weighted by Crippen LogP contribution is 2.45. The second-order valence-electron chi connectivity index (χ2n) is 6.38. The van der Waals surface area contributed by atoms with E-state index in [2.05, 4.69) is 15.2 Å². The van der Waals surface area contributed by atoms with E-state index in [0.717, 1.165) is 23.4 Å². The van der Waals surface area contributed by atoms with Gasteiger partial charge in [-0.15, -0.1) is 0 Å². The van der Waals surface area contributed by atoms with Crippen molar-refractivity contribution in [1.29, 1.82) is 0 Å². The molecule has 0 spiro atoms. The highest BCUT2D eigenvalue weighted by atomic mass is 32.2. The maximum atomic E-state index is 12.3. The molecule has 1 N–H and O–H groups in total. The van der Waals surface area contributed by atoms with E-state index in [0.29, 0.717) is 19.0 Å². The predicted molar refractivity (Wildman–Crippen MR) is 85.9 cm³/mol. The Morgan fingerprint density at radius 2 is 2.00 bits per heavy atom. The summed E-state index contributed by atoms with van der Waals surface area (Å²) in [6.45, 7) is 1.10. The molecule has 1 saturated heterocycles. The van der Waals surface area contributed by atoms with Crippen LogP contribution in [-0.2, 0) is 16.6 Å². The molecule has 0 bridgehead atoms. The number of pyridine rings is 1. The van der Waals surface area contributed by atoms with Gasteiger partial charge in [0.1, 0.15) is 0 Å². The Hall–Kier alpha value is -1.77. The number of hydrogen-bond acceptors (Lipinski definition) is 4. The van der Waals surface area contributed by atoms with Gasteiger partial charge in [-0.1, -0.05) is 0 Å². The number of aromatic amines is 1. The Morgan fingerprint density at radius 3 is 2.70 bits per heavy atom. The largest absolute Gasteiger partial charge is 0.281 e. The van der Waals surface area contributed by atoms with Crippen LogP contribution in [0.2, 0.25) is 0 Å². The first-order chi connectivity index (χ1) is 11.0. The normalized spacial score (nSPS) is 24.1. The summed E-state index contributed by atoms with van der Waals surface area (Å²) in [4.78, 5) is 4.04. The second kappa shape index (κ2) is 5.12. The molecule has 0 amide bonds. The van der Waals surface area contributed by atoms with E-state index in [9.17, 15) is 8.42 Å². The molecule has 122 valence electrons. The molecule has 2 aromatic rings. The lowest BCUT2D eigenvalue weighted by atomic mass is 9.99. The van der Waals surface area contributed by atoms with Crippen molar-refractivity contribution in [2.24, 2.45) is 5.92 Å². The van der Waals surface area contributed by atoms with E-state index in [1.165, 1.54) is 9.87 Å². The number of fused-ring (bicyclic) bond motifs is 3. The van der Waals surface area contributed by atoms with Crippen LogP contribution < -0.4 is 0 Å². The molecule has 7 nitrogen and oxygen atoms in total. The molecule has 1 aliphatic carbocycles. The van der Waals surface area contributed by atoms with Crippen molar-refractivity contribution in [2.75, 3.05) is 27.2 Å². The summed E-state index contributed by atoms with van der Waals surface area (Å²) < 4.78 is 27.5. The summed E-state index contributed by atoms with van der Waals surface area (Å²) in [5.74, 6) is 0.539. The van der Waals surface area contributed by atoms with Gasteiger partial charge in [-0.25, -0.2) is 0 Å². The molecule has 0 unspecified atom stereocenters. The Balaban J connectivity index is 1.64. The summed E-state index contributed by atoms with van der Waals surface area (Å²) in [5, 5.41) is 7.61. The van der Waals surface area contributed by atoms with Crippen molar-refractivity contribution in [3.05, 3.63) is 35.8 Å². The van der Waals surface area contributed by atoms with Gasteiger partial charge in [0.15, 0.2) is 0 Å². The van der Waals surface area contributed by atoms with E-state index in [4.69, 9.17) is 0 Å². The molecule has 4 rings (SSSR count). The zero-order valence-corrected chi connectivity index (χ0v) is 13.9. The standard InChI is InChI=1S/C15H19N5O2S/c1-19(2)23(21,22)20-8-11-7-12-14(10-3-5-16-6-4-10)17-18-15(12)13(11)9-20/h3-6,11,13H,7-9H2,1-2H3,(H,17,18)/t11-,13+/m1/s1. The topological polar surface area (TPSA) is 82.2 Å². The lowest BCUT2D eigenvalue weighted by Gasteiger charge is -2.21. The van der Waals surface area contributed by atoms with Crippen LogP contribution >= 0.6 is 0 Å². The second-order valence-corrected chi connectivity index (χ2v) is 8.52. The molecule has 3 heterocycles. The van der Waals surface area contributed by atoms with Crippen molar-refractivity contribution in [3.63, 3.8) is 0 Å². The average Bonchev–Trinajstić information content (AvgIpc) is 3.18. The van der Waals surface area contributed by atoms with Crippen molar-refractivity contribution < 1.29 is 8.42 Å². The first-order valence-electron chi connectivity index (χ1n) is 7.63. The number of rotatable bonds is 3. The summed E-state index contributed by atoms with van der Waals surface area (Å²) >= 11 is 0. The van der Waals surface area contributed by atoms with E-state index >= 15 is 0 Å². The van der Waals surface area contributed by atoms with Gasteiger partial charge < -0.3 is 0 Å². The molecule has 8 heteroatoms. The SMILES string of the molecule is CN(C)S(=O)(=O)N1C[C@H]2Cc3c(-c4ccncc4)n[nH]c3[C@H]2C1. The van der Waals surface area contributed by atoms with Crippen LogP contribution in [0.4, 0.5) is 0 Å². The van der Waals surface area contributed by atoms with Crippen molar-refractivity contribution >= 4 is 10.2 Å². The number of nitrogens with one attached hydrogen (secondary N) is 1. The van der Waals surface area contributed by atoms with E-state index in [1.807, 2.05) is 12.1 Å². The molecule has 1 aliphatic heterocycles. The van der Waals surface area contributed by atoms with E-state index < -0.39 is 10.2 Å². The Bertz CT molecular complexity index is 831. The van der Waals surface area contributed by atoms with Crippen LogP contribution in [0.15, 0.2) is 24.5 Å². The van der Waals surface area contributed by atoms with Crippen LogP contribution in [0.5, 0.6) is 0 Å². The van der Waals surface area contributed by atoms with Crippen molar-refractivity contribution in [3.8, 4) is 11.3 Å². The smallest absolute Gasteiger partial charge is 0.281 e. The Morgan fingerprint density at radius 1 is 1.26 bits per heavy atom. The third-order valence-corrected chi connectivity index (χ3v) is 6.76. The number of aromatic nitrogens is 3. The Kier molecular flexibility index (Phi) is 3.29. The number of H-pyrrole nitrogens is 1. The molecule has 0 radical (unpaired) electrons. The zero-order chi connectivity index (χ0) is 16.2. The summed E-state index contributed by atoms with van der Waals surface area (Å²) in [6, 6.07) is 3.90. The molecular weight excluding hydrogens is 314 g/mol. The van der Waals surface area contributed by atoms with Crippen LogP contribution in [-0.4, -0.2) is 59.4 Å². The van der Waals surface area contributed by atoms with Gasteiger partial charge in [0.25, 0.3) is 10.2 Å². The van der Waals surface area contributed by atoms with Crippen molar-refractivity contribution in [1.82, 2.24) is 23.8 Å². The molecule has 23 heavy (non-hydrogen) atoms. The predicted octanol–water partition coefficient (Wildman–Crippen LogP) is 0.850. The molecule has 2 aliphatic rings. The van der Waals surface area contributed by atoms with Crippen LogP contribution in [0.25, 0.3) is 11.3 Å². The maximum Gasteiger partial charge on any atom is 0.281 e. The van der Waals surface area contributed by atoms with Gasteiger partial charge >= 0.3 is 0 Å². The van der Waals surface area contributed by atoms with Crippen LogP contribution in [0, 0.1) is 5.92 Å². The lowest BCUT2D eigenvalue weighted by Crippen LogP contribution is -2.39. The van der Waals surface area contributed by atoms with E-state index in [1.54, 1.807) is 30.8 Å². The molecule has 0 saturated carbocycles. The summed E-state index contributed by atoms with van der Waals surface area (Å²) in [7, 11) is -0.190. The maximum absolute atomic E-state index is 12.3. The van der Waals surface area contributed by atoms with Gasteiger partial charge in [0, 0.05) is 62.3 Å². The first kappa shape index (κ1) is 14.8. The highest BCUT2D eigenvalue weighted by Gasteiger charge is 2.46. The van der Waals surface area contributed by atoms with E-state index in [-0.39, 0.29) is 5.92 Å². The monoisotopic (exact) mass is 333 g/mol. The minimum absolute atomic E-state index is 0.211. The number of nitrogens with zero attached hydrogens (tertiary/aromatic N) is 4. The lowest BCUT2D eigenvalue weighted by molar-refractivity contribution is 0.409. The molecule has 0 aromatic carbocycles. The third kappa shape index (κ3) is 2.20. The van der Waals surface area contributed by atoms with Crippen molar-refractivity contribution in [2.45, 2.75) is 12.3 Å². The highest BCUT2D eigenvalue weighted by molar-refractivity contribution is 7.86. The number of hydrogen-bond donors (Lipinski definition) is 1. The molecule has 1 fully saturated rings. The first-order valence-corrected chi connectivity index (χ1v) is 9.03. The van der Waals surface area contributed by atoms with Gasteiger partial charge in [-0.2, -0.15) is 22.1 Å². The quantitative estimate of drug-likeness (QED) is 0.903. The van der Waals surface area contributed by atoms with Gasteiger partial charge in [-0.3, -0.25) is 10.1 Å². The third-order valence-electron chi connectivity index (χ3n) is 4.89. The van der Waals surface area contributed by atoms with Gasteiger partial charge in [0.05, 0.1) is 5.69 Å². The molecule has 2 atom stereocenters. The fourth-order valence-electron chi connectivity index (χ4n) is 3.69. The van der Waals surface area contributed by atoms with Crippen LogP contribution in [0.3, 0.4) is 0 Å². The Labute approximate surface area is 135 Å². The minimum Gasteiger partial charge on any atom is -0.281 e. The molecule has 2 aromatic heterocycles. The average molecular weight is 333 g/mol. The van der Waals surface area contributed by atoms with Gasteiger partial charge in [0.2, 0.25) is 0 Å². The molecular formula is C15H19N5O2S. The van der Waals surface area contributed by atoms with Gasteiger partial charge in [-0.05, 0) is 24.5 Å². The summed E-state index contributed by atoms with van der Waals surface area (Å²) in [6.07, 6.45) is 4.39. The fraction of sp³-hybridized carbons (Fsp3) is 0.467.